The zero-order valence-corrected chi connectivity index (χ0v) is 16.9. The first-order valence-corrected chi connectivity index (χ1v) is 11.4. The molecule has 3 atom stereocenters. The number of hydrogen-bond donors (Lipinski definition) is 0. The number of halogens is 2. The van der Waals surface area contributed by atoms with Crippen LogP contribution in [0.4, 0.5) is 5.69 Å². The van der Waals surface area contributed by atoms with Crippen LogP contribution in [0.25, 0.3) is 0 Å². The number of hydrogen-bond acceptors (Lipinski definition) is 4. The summed E-state index contributed by atoms with van der Waals surface area (Å²) in [4.78, 5) is 18.4. The van der Waals surface area contributed by atoms with Gasteiger partial charge in [0.05, 0.1) is 27.6 Å². The summed E-state index contributed by atoms with van der Waals surface area (Å²) >= 11 is 13.5. The molecule has 2 aliphatic rings. The first-order chi connectivity index (χ1) is 11.7. The molecule has 2 saturated heterocycles. The second-order valence-corrected chi connectivity index (χ2v) is 10.5. The summed E-state index contributed by atoms with van der Waals surface area (Å²) in [6.07, 6.45) is 0.703. The monoisotopic (exact) mass is 420 g/mol. The van der Waals surface area contributed by atoms with E-state index in [0.717, 1.165) is 0 Å². The van der Waals surface area contributed by atoms with Gasteiger partial charge in [-0.1, -0.05) is 48.8 Å². The average molecular weight is 421 g/mol. The molecule has 1 amide bonds. The van der Waals surface area contributed by atoms with Crippen molar-refractivity contribution < 1.29 is 13.2 Å². The van der Waals surface area contributed by atoms with Gasteiger partial charge in [0.15, 0.2) is 15.0 Å². The van der Waals surface area contributed by atoms with Crippen LogP contribution in [0, 0.1) is 5.92 Å². The van der Waals surface area contributed by atoms with Gasteiger partial charge >= 0.3 is 0 Å². The van der Waals surface area contributed by atoms with Crippen LogP contribution in [0.15, 0.2) is 23.2 Å². The molecule has 2 heterocycles. The Hall–Kier alpha value is -0.760. The molecule has 5 nitrogen and oxygen atoms in total. The predicted octanol–water partition coefficient (Wildman–Crippen LogP) is 3.64. The van der Waals surface area contributed by atoms with Crippen molar-refractivity contribution in [2.75, 3.05) is 16.4 Å². The van der Waals surface area contributed by atoms with Crippen molar-refractivity contribution in [1.82, 2.24) is 0 Å². The van der Waals surface area contributed by atoms with Gasteiger partial charge in [0.1, 0.15) is 0 Å². The maximum absolute atomic E-state index is 12.3. The van der Waals surface area contributed by atoms with E-state index in [1.165, 1.54) is 11.8 Å². The molecule has 3 rings (SSSR count). The van der Waals surface area contributed by atoms with Gasteiger partial charge in [0, 0.05) is 16.9 Å². The van der Waals surface area contributed by atoms with Crippen molar-refractivity contribution in [1.29, 1.82) is 0 Å². The lowest BCUT2D eigenvalue weighted by Crippen LogP contribution is -2.37. The number of aliphatic imine (C=N–C) groups is 1. The van der Waals surface area contributed by atoms with Crippen LogP contribution in [0.3, 0.4) is 0 Å². The highest BCUT2D eigenvalue weighted by Crippen LogP contribution is 2.42. The highest BCUT2D eigenvalue weighted by Gasteiger charge is 2.49. The number of sulfone groups is 1. The third-order valence-corrected chi connectivity index (χ3v) is 8.44. The van der Waals surface area contributed by atoms with E-state index in [4.69, 9.17) is 23.2 Å². The molecule has 0 spiro atoms. The van der Waals surface area contributed by atoms with Gasteiger partial charge in [-0.3, -0.25) is 4.79 Å². The van der Waals surface area contributed by atoms with Gasteiger partial charge in [-0.25, -0.2) is 8.42 Å². The van der Waals surface area contributed by atoms with Crippen LogP contribution in [-0.2, 0) is 14.6 Å². The van der Waals surface area contributed by atoms with Crippen LogP contribution in [0.2, 0.25) is 10.0 Å². The fraction of sp³-hybridized carbons (Fsp3) is 0.500. The Balaban J connectivity index is 2.02. The summed E-state index contributed by atoms with van der Waals surface area (Å²) in [5.41, 5.74) is 0.696. The Morgan fingerprint density at radius 3 is 2.72 bits per heavy atom. The summed E-state index contributed by atoms with van der Waals surface area (Å²) in [5, 5.41) is 1.19. The highest BCUT2D eigenvalue weighted by atomic mass is 35.5. The molecule has 0 unspecified atom stereocenters. The van der Waals surface area contributed by atoms with Crippen LogP contribution in [0.5, 0.6) is 0 Å². The fourth-order valence-electron chi connectivity index (χ4n) is 2.88. The van der Waals surface area contributed by atoms with Gasteiger partial charge in [-0.05, 0) is 24.6 Å². The number of benzene rings is 1. The largest absolute Gasteiger partial charge is 0.316 e. The van der Waals surface area contributed by atoms with Crippen molar-refractivity contribution in [3.63, 3.8) is 0 Å². The molecule has 9 heteroatoms. The third-order valence-electron chi connectivity index (χ3n) is 4.49. The van der Waals surface area contributed by atoms with Crippen LogP contribution in [-0.4, -0.2) is 42.3 Å². The van der Waals surface area contributed by atoms with Gasteiger partial charge in [0.2, 0.25) is 0 Å². The normalized spacial score (nSPS) is 27.5. The predicted molar refractivity (Wildman–Crippen MR) is 105 cm³/mol. The number of anilines is 1. The molecule has 25 heavy (non-hydrogen) atoms. The van der Waals surface area contributed by atoms with Crippen LogP contribution < -0.4 is 4.90 Å². The van der Waals surface area contributed by atoms with E-state index in [0.29, 0.717) is 27.3 Å². The lowest BCUT2D eigenvalue weighted by atomic mass is 10.1. The number of amidine groups is 1. The van der Waals surface area contributed by atoms with Crippen molar-refractivity contribution in [2.24, 2.45) is 10.9 Å². The number of fused-ring (bicyclic) bond motifs is 1. The first kappa shape index (κ1) is 19.0. The summed E-state index contributed by atoms with van der Waals surface area (Å²) in [7, 11) is -3.10. The molecule has 0 aliphatic carbocycles. The minimum Gasteiger partial charge on any atom is -0.316 e. The summed E-state index contributed by atoms with van der Waals surface area (Å²) in [6.45, 7) is 3.77. The Morgan fingerprint density at radius 1 is 1.36 bits per heavy atom. The molecule has 0 aromatic heterocycles. The Bertz CT molecular complexity index is 842. The maximum Gasteiger partial charge on any atom is 0.250 e. The Morgan fingerprint density at radius 2 is 2.08 bits per heavy atom. The Labute approximate surface area is 161 Å². The first-order valence-electron chi connectivity index (χ1n) is 7.95. The van der Waals surface area contributed by atoms with E-state index in [1.54, 1.807) is 18.2 Å². The minimum atomic E-state index is -3.10. The van der Waals surface area contributed by atoms with Crippen LogP contribution in [0.1, 0.15) is 20.3 Å². The SMILES string of the molecule is CC[C@H](C)C(=O)N=C1S[C@H]2CS(=O)(=O)C[C@@H]2N1c1ccc(Cl)c(Cl)c1. The summed E-state index contributed by atoms with van der Waals surface area (Å²) in [6, 6.07) is 4.86. The van der Waals surface area contributed by atoms with E-state index >= 15 is 0 Å². The standard InChI is InChI=1S/C16H18Cl2N2O3S2/c1-3-9(2)15(21)19-16-20(10-4-5-11(17)12(18)6-10)13-7-25(22,23)8-14(13)24-16/h4-6,9,13-14H,3,7-8H2,1-2H3/t9-,13-,14-/m0/s1. The zero-order chi connectivity index (χ0) is 18.4. The Kier molecular flexibility index (Phi) is 5.40. The number of amides is 1. The zero-order valence-electron chi connectivity index (χ0n) is 13.8. The van der Waals surface area contributed by atoms with Gasteiger partial charge in [-0.15, -0.1) is 0 Å². The van der Waals surface area contributed by atoms with Gasteiger partial charge in [-0.2, -0.15) is 4.99 Å². The second kappa shape index (κ2) is 7.10. The van der Waals surface area contributed by atoms with E-state index in [1.807, 2.05) is 18.7 Å². The summed E-state index contributed by atoms with van der Waals surface area (Å²) < 4.78 is 24.1. The molecule has 136 valence electrons. The number of thioether (sulfide) groups is 1. The third kappa shape index (κ3) is 3.84. The molecular formula is C16H18Cl2N2O3S2. The van der Waals surface area contributed by atoms with E-state index in [-0.39, 0.29) is 34.6 Å². The van der Waals surface area contributed by atoms with Crippen molar-refractivity contribution in [2.45, 2.75) is 31.6 Å². The molecule has 0 radical (unpaired) electrons. The van der Waals surface area contributed by atoms with Crippen molar-refractivity contribution >= 4 is 61.6 Å². The molecule has 2 fully saturated rings. The average Bonchev–Trinajstić information content (AvgIpc) is 3.00. The number of rotatable bonds is 3. The molecule has 0 N–H and O–H groups in total. The number of carbonyl (C=O) groups is 1. The molecule has 0 bridgehead atoms. The summed E-state index contributed by atoms with van der Waals surface area (Å²) in [5.74, 6) is -0.233. The van der Waals surface area contributed by atoms with Crippen molar-refractivity contribution in [3.8, 4) is 0 Å². The second-order valence-electron chi connectivity index (χ2n) is 6.31. The van der Waals surface area contributed by atoms with Crippen LogP contribution >= 0.6 is 35.0 Å². The van der Waals surface area contributed by atoms with Gasteiger partial charge in [0.25, 0.3) is 5.91 Å². The minimum absolute atomic E-state index is 0.0431. The maximum atomic E-state index is 12.3. The van der Waals surface area contributed by atoms with E-state index in [2.05, 4.69) is 4.99 Å². The molecule has 1 aromatic carbocycles. The smallest absolute Gasteiger partial charge is 0.250 e. The van der Waals surface area contributed by atoms with Gasteiger partial charge < -0.3 is 4.90 Å². The lowest BCUT2D eigenvalue weighted by Gasteiger charge is -2.25. The molecule has 2 aliphatic heterocycles. The molecule has 1 aromatic rings. The quantitative estimate of drug-likeness (QED) is 0.746. The number of nitrogens with zero attached hydrogens (tertiary/aromatic N) is 2. The van der Waals surface area contributed by atoms with E-state index in [9.17, 15) is 13.2 Å². The van der Waals surface area contributed by atoms with E-state index < -0.39 is 9.84 Å². The fourth-order valence-corrected chi connectivity index (χ4v) is 7.09. The molecular weight excluding hydrogens is 403 g/mol. The lowest BCUT2D eigenvalue weighted by molar-refractivity contribution is -0.121. The highest BCUT2D eigenvalue weighted by molar-refractivity contribution is 8.16. The molecule has 0 saturated carbocycles. The topological polar surface area (TPSA) is 66.8 Å². The number of carbonyl (C=O) groups excluding carboxylic acids is 1. The van der Waals surface area contributed by atoms with Crippen molar-refractivity contribution in [3.05, 3.63) is 28.2 Å².